The first-order valence-electron chi connectivity index (χ1n) is 4.17. The highest BCUT2D eigenvalue weighted by molar-refractivity contribution is 7.90. The minimum absolute atomic E-state index is 0.521. The van der Waals surface area contributed by atoms with Crippen molar-refractivity contribution >= 4 is 9.84 Å². The molecule has 0 saturated carbocycles. The molecular formula is C7H6F4N2O4S. The summed E-state index contributed by atoms with van der Waals surface area (Å²) in [5.41, 5.74) is 0. The SMILES string of the molecule is CS(=O)(=O)c1nc(OC(F)F)cc(OC(F)F)n1. The van der Waals surface area contributed by atoms with E-state index in [1.807, 2.05) is 0 Å². The molecule has 0 spiro atoms. The van der Waals surface area contributed by atoms with Gasteiger partial charge in [0.2, 0.25) is 21.6 Å². The minimum Gasteiger partial charge on any atom is -0.417 e. The van der Waals surface area contributed by atoms with Gasteiger partial charge in [0.15, 0.2) is 0 Å². The van der Waals surface area contributed by atoms with Crippen LogP contribution in [-0.2, 0) is 9.84 Å². The van der Waals surface area contributed by atoms with Gasteiger partial charge in [-0.2, -0.15) is 27.5 Å². The molecule has 1 rings (SSSR count). The van der Waals surface area contributed by atoms with Crippen molar-refractivity contribution in [1.82, 2.24) is 9.97 Å². The van der Waals surface area contributed by atoms with Crippen LogP contribution in [0.3, 0.4) is 0 Å². The lowest BCUT2D eigenvalue weighted by molar-refractivity contribution is -0.0590. The maximum atomic E-state index is 11.9. The van der Waals surface area contributed by atoms with Gasteiger partial charge < -0.3 is 9.47 Å². The molecule has 102 valence electrons. The molecule has 0 N–H and O–H groups in total. The van der Waals surface area contributed by atoms with E-state index in [0.717, 1.165) is 0 Å². The van der Waals surface area contributed by atoms with E-state index in [1.165, 1.54) is 0 Å². The van der Waals surface area contributed by atoms with Gasteiger partial charge in [0, 0.05) is 6.26 Å². The fourth-order valence-electron chi connectivity index (χ4n) is 0.853. The Morgan fingerprint density at radius 3 is 1.72 bits per heavy atom. The van der Waals surface area contributed by atoms with Crippen molar-refractivity contribution in [3.05, 3.63) is 6.07 Å². The van der Waals surface area contributed by atoms with E-state index in [2.05, 4.69) is 19.4 Å². The molecule has 1 aromatic rings. The summed E-state index contributed by atoms with van der Waals surface area (Å²) in [6.45, 7) is -6.60. The summed E-state index contributed by atoms with van der Waals surface area (Å²) < 4.78 is 77.5. The number of nitrogens with zero attached hydrogens (tertiary/aromatic N) is 2. The summed E-state index contributed by atoms with van der Waals surface area (Å²) >= 11 is 0. The lowest BCUT2D eigenvalue weighted by Gasteiger charge is -2.08. The van der Waals surface area contributed by atoms with Crippen LogP contribution in [0.2, 0.25) is 0 Å². The Bertz CT molecular complexity index is 494. The Morgan fingerprint density at radius 2 is 1.44 bits per heavy atom. The van der Waals surface area contributed by atoms with Gasteiger partial charge in [-0.3, -0.25) is 0 Å². The fourth-order valence-corrected chi connectivity index (χ4v) is 1.36. The second-order valence-electron chi connectivity index (χ2n) is 2.86. The predicted octanol–water partition coefficient (Wildman–Crippen LogP) is 1.08. The van der Waals surface area contributed by atoms with E-state index in [0.29, 0.717) is 12.3 Å². The molecule has 0 aliphatic carbocycles. The van der Waals surface area contributed by atoms with Crippen molar-refractivity contribution in [2.75, 3.05) is 6.26 Å². The van der Waals surface area contributed by atoms with Gasteiger partial charge >= 0.3 is 13.2 Å². The Hall–Kier alpha value is -1.65. The van der Waals surface area contributed by atoms with Crippen molar-refractivity contribution in [2.45, 2.75) is 18.4 Å². The monoisotopic (exact) mass is 290 g/mol. The molecule has 0 fully saturated rings. The van der Waals surface area contributed by atoms with Crippen LogP contribution in [0.1, 0.15) is 0 Å². The zero-order valence-corrected chi connectivity index (χ0v) is 9.50. The normalized spacial score (nSPS) is 11.9. The summed E-state index contributed by atoms with van der Waals surface area (Å²) in [4.78, 5) is 6.25. The standard InChI is InChI=1S/C7H6F4N2O4S/c1-18(14,15)7-12-3(16-5(8)9)2-4(13-7)17-6(10)11/h2,5-6H,1H3. The largest absolute Gasteiger partial charge is 0.417 e. The third-order valence-corrected chi connectivity index (χ3v) is 2.26. The van der Waals surface area contributed by atoms with Gasteiger partial charge in [0.05, 0.1) is 6.07 Å². The topological polar surface area (TPSA) is 78.4 Å². The Labute approximate surface area is 98.5 Å². The van der Waals surface area contributed by atoms with Crippen molar-refractivity contribution in [1.29, 1.82) is 0 Å². The Balaban J connectivity index is 3.20. The van der Waals surface area contributed by atoms with Crippen molar-refractivity contribution in [3.63, 3.8) is 0 Å². The van der Waals surface area contributed by atoms with Crippen LogP contribution in [0.4, 0.5) is 17.6 Å². The number of hydrogen-bond acceptors (Lipinski definition) is 6. The lowest BCUT2D eigenvalue weighted by Crippen LogP contribution is -2.12. The van der Waals surface area contributed by atoms with Gasteiger partial charge in [-0.15, -0.1) is 0 Å². The van der Waals surface area contributed by atoms with Gasteiger partial charge in [-0.1, -0.05) is 0 Å². The third kappa shape index (κ3) is 4.31. The molecule has 0 radical (unpaired) electrons. The van der Waals surface area contributed by atoms with Crippen molar-refractivity contribution in [3.8, 4) is 11.8 Å². The zero-order chi connectivity index (χ0) is 13.9. The first kappa shape index (κ1) is 14.4. The number of halogens is 4. The second kappa shape index (κ2) is 5.33. The van der Waals surface area contributed by atoms with E-state index < -0.39 is 40.0 Å². The first-order chi connectivity index (χ1) is 8.18. The average molecular weight is 290 g/mol. The first-order valence-corrected chi connectivity index (χ1v) is 6.06. The molecule has 1 heterocycles. The third-order valence-electron chi connectivity index (χ3n) is 1.41. The average Bonchev–Trinajstić information content (AvgIpc) is 2.13. The molecule has 0 amide bonds. The molecule has 0 aliphatic rings. The number of alkyl halides is 4. The number of hydrogen-bond donors (Lipinski definition) is 0. The molecule has 0 aliphatic heterocycles. The highest BCUT2D eigenvalue weighted by atomic mass is 32.2. The predicted molar refractivity (Wildman–Crippen MR) is 48.4 cm³/mol. The van der Waals surface area contributed by atoms with Crippen LogP contribution >= 0.6 is 0 Å². The molecule has 0 atom stereocenters. The zero-order valence-electron chi connectivity index (χ0n) is 8.68. The number of ether oxygens (including phenoxy) is 2. The Morgan fingerprint density at radius 1 is 1.06 bits per heavy atom. The molecule has 0 bridgehead atoms. The lowest BCUT2D eigenvalue weighted by atomic mass is 10.6. The van der Waals surface area contributed by atoms with Crippen LogP contribution < -0.4 is 9.47 Å². The number of rotatable bonds is 5. The number of aromatic nitrogens is 2. The summed E-state index contributed by atoms with van der Waals surface area (Å²) in [7, 11) is -3.99. The van der Waals surface area contributed by atoms with Crippen molar-refractivity contribution in [2.24, 2.45) is 0 Å². The van der Waals surface area contributed by atoms with Gasteiger partial charge in [-0.25, -0.2) is 8.42 Å². The number of sulfone groups is 1. The molecule has 11 heteroatoms. The van der Waals surface area contributed by atoms with E-state index in [1.54, 1.807) is 0 Å². The van der Waals surface area contributed by atoms with Crippen LogP contribution in [0.25, 0.3) is 0 Å². The van der Waals surface area contributed by atoms with E-state index in [4.69, 9.17) is 0 Å². The molecule has 1 aromatic heterocycles. The quantitative estimate of drug-likeness (QED) is 0.596. The van der Waals surface area contributed by atoms with Gasteiger partial charge in [0.1, 0.15) is 0 Å². The highest BCUT2D eigenvalue weighted by Crippen LogP contribution is 2.21. The van der Waals surface area contributed by atoms with E-state index in [-0.39, 0.29) is 0 Å². The second-order valence-corrected chi connectivity index (χ2v) is 4.77. The molecule has 6 nitrogen and oxygen atoms in total. The van der Waals surface area contributed by atoms with Crippen LogP contribution in [0.5, 0.6) is 11.8 Å². The van der Waals surface area contributed by atoms with E-state index in [9.17, 15) is 26.0 Å². The van der Waals surface area contributed by atoms with Crippen molar-refractivity contribution < 1.29 is 35.5 Å². The maximum Gasteiger partial charge on any atom is 0.388 e. The molecule has 18 heavy (non-hydrogen) atoms. The highest BCUT2D eigenvalue weighted by Gasteiger charge is 2.19. The van der Waals surface area contributed by atoms with Crippen LogP contribution in [0, 0.1) is 0 Å². The van der Waals surface area contributed by atoms with Gasteiger partial charge in [-0.05, 0) is 0 Å². The smallest absolute Gasteiger partial charge is 0.388 e. The summed E-state index contributed by atoms with van der Waals surface area (Å²) in [5.74, 6) is -1.79. The Kier molecular flexibility index (Phi) is 4.27. The summed E-state index contributed by atoms with van der Waals surface area (Å²) in [6, 6.07) is 0.521. The van der Waals surface area contributed by atoms with E-state index >= 15 is 0 Å². The van der Waals surface area contributed by atoms with Gasteiger partial charge in [0.25, 0.3) is 5.16 Å². The molecule has 0 unspecified atom stereocenters. The molecule has 0 saturated heterocycles. The van der Waals surface area contributed by atoms with Crippen LogP contribution in [-0.4, -0.2) is 37.9 Å². The van der Waals surface area contributed by atoms with Crippen LogP contribution in [0.15, 0.2) is 11.2 Å². The summed E-state index contributed by atoms with van der Waals surface area (Å²) in [5, 5.41) is -0.962. The summed E-state index contributed by atoms with van der Waals surface area (Å²) in [6.07, 6.45) is 0.667. The minimum atomic E-state index is -3.99. The fraction of sp³-hybridized carbons (Fsp3) is 0.429. The maximum absolute atomic E-state index is 11.9. The molecule has 0 aromatic carbocycles. The molecular weight excluding hydrogens is 284 g/mol.